The zero-order chi connectivity index (χ0) is 18.4. The van der Waals surface area contributed by atoms with E-state index in [1.807, 2.05) is 19.9 Å². The molecule has 1 saturated heterocycles. The lowest BCUT2D eigenvalue weighted by Crippen LogP contribution is -2.48. The van der Waals surface area contributed by atoms with Gasteiger partial charge < -0.3 is 15.0 Å². The molecule has 1 unspecified atom stereocenters. The Hall–Kier alpha value is -1.95. The van der Waals surface area contributed by atoms with Crippen molar-refractivity contribution in [3.63, 3.8) is 0 Å². The van der Waals surface area contributed by atoms with E-state index in [-0.39, 0.29) is 23.5 Å². The Morgan fingerprint density at radius 1 is 1.44 bits per heavy atom. The number of benzene rings is 1. The third-order valence-electron chi connectivity index (χ3n) is 4.67. The molecule has 1 atom stereocenters. The van der Waals surface area contributed by atoms with E-state index in [0.29, 0.717) is 38.9 Å². The second-order valence-corrected chi connectivity index (χ2v) is 7.14. The molecule has 2 amide bonds. The Bertz CT molecular complexity index is 618. The summed E-state index contributed by atoms with van der Waals surface area (Å²) in [7, 11) is 1.61. The summed E-state index contributed by atoms with van der Waals surface area (Å²) in [4.78, 5) is 26.2. The third kappa shape index (κ3) is 5.81. The monoisotopic (exact) mass is 350 g/mol. The van der Waals surface area contributed by atoms with Crippen molar-refractivity contribution in [1.82, 2.24) is 10.2 Å². The first-order valence-electron chi connectivity index (χ1n) is 8.66. The molecule has 2 rings (SSSR count). The minimum absolute atomic E-state index is 0.0478. The summed E-state index contributed by atoms with van der Waals surface area (Å²) in [6.07, 6.45) is 1.51. The molecule has 0 aliphatic carbocycles. The molecule has 5 nitrogen and oxygen atoms in total. The van der Waals surface area contributed by atoms with Gasteiger partial charge in [0.15, 0.2) is 0 Å². The van der Waals surface area contributed by atoms with Gasteiger partial charge in [0.25, 0.3) is 0 Å². The van der Waals surface area contributed by atoms with Gasteiger partial charge in [0.2, 0.25) is 11.8 Å². The number of nitrogens with one attached hydrogen (secondary N) is 1. The molecule has 1 aromatic carbocycles. The van der Waals surface area contributed by atoms with Gasteiger partial charge in [-0.2, -0.15) is 0 Å². The Balaban J connectivity index is 1.87. The Morgan fingerprint density at radius 3 is 2.88 bits per heavy atom. The number of ether oxygens (including phenoxy) is 1. The molecule has 1 heterocycles. The quantitative estimate of drug-likeness (QED) is 0.820. The predicted molar refractivity (Wildman–Crippen MR) is 93.5 cm³/mol. The first-order chi connectivity index (χ1) is 11.8. The molecular formula is C19H27FN2O3. The summed E-state index contributed by atoms with van der Waals surface area (Å²) >= 11 is 0. The van der Waals surface area contributed by atoms with Crippen molar-refractivity contribution in [2.24, 2.45) is 5.92 Å². The molecule has 1 aliphatic heterocycles. The molecular weight excluding hydrogens is 323 g/mol. The van der Waals surface area contributed by atoms with E-state index in [1.54, 1.807) is 18.1 Å². The Morgan fingerprint density at radius 2 is 2.20 bits per heavy atom. The van der Waals surface area contributed by atoms with Crippen molar-refractivity contribution in [2.75, 3.05) is 26.7 Å². The van der Waals surface area contributed by atoms with Crippen LogP contribution in [0, 0.1) is 11.7 Å². The molecule has 25 heavy (non-hydrogen) atoms. The maximum absolute atomic E-state index is 13.2. The fourth-order valence-electron chi connectivity index (χ4n) is 2.82. The number of carbonyl (C=O) groups excluding carboxylic acids is 2. The number of methoxy groups -OCH3 is 1. The summed E-state index contributed by atoms with van der Waals surface area (Å²) in [5.41, 5.74) is 0.429. The molecule has 0 saturated carbocycles. The Labute approximate surface area is 148 Å². The average Bonchev–Trinajstić information content (AvgIpc) is 2.59. The second-order valence-electron chi connectivity index (χ2n) is 7.14. The molecule has 0 bridgehead atoms. The van der Waals surface area contributed by atoms with Crippen LogP contribution in [0.1, 0.15) is 32.3 Å². The van der Waals surface area contributed by atoms with Gasteiger partial charge in [0.1, 0.15) is 5.82 Å². The van der Waals surface area contributed by atoms with E-state index in [0.717, 1.165) is 5.56 Å². The number of rotatable bonds is 7. The topological polar surface area (TPSA) is 58.6 Å². The number of nitrogens with zero attached hydrogens (tertiary/aromatic N) is 1. The lowest BCUT2D eigenvalue weighted by atomic mass is 9.95. The number of carbonyl (C=O) groups is 2. The summed E-state index contributed by atoms with van der Waals surface area (Å²) in [5, 5.41) is 2.91. The van der Waals surface area contributed by atoms with Gasteiger partial charge in [-0.05, 0) is 44.4 Å². The lowest BCUT2D eigenvalue weighted by Gasteiger charge is -2.33. The van der Waals surface area contributed by atoms with Crippen molar-refractivity contribution in [3.05, 3.63) is 35.6 Å². The molecule has 0 aromatic heterocycles. The molecule has 0 radical (unpaired) electrons. The van der Waals surface area contributed by atoms with Crippen LogP contribution in [0.2, 0.25) is 0 Å². The number of amides is 2. The average molecular weight is 350 g/mol. The van der Waals surface area contributed by atoms with Crippen LogP contribution in [0.15, 0.2) is 24.3 Å². The number of piperidine rings is 1. The van der Waals surface area contributed by atoms with Crippen LogP contribution in [0.5, 0.6) is 0 Å². The number of halogens is 1. The summed E-state index contributed by atoms with van der Waals surface area (Å²) < 4.78 is 18.5. The van der Waals surface area contributed by atoms with Gasteiger partial charge in [0, 0.05) is 33.2 Å². The minimum Gasteiger partial charge on any atom is -0.377 e. The van der Waals surface area contributed by atoms with Gasteiger partial charge in [-0.1, -0.05) is 12.1 Å². The van der Waals surface area contributed by atoms with Crippen LogP contribution < -0.4 is 5.32 Å². The standard InChI is InChI=1S/C19H27FN2O3/c1-19(2,25-3)13-21-18(24)15-7-8-17(23)22(12-15)10-9-14-5-4-6-16(20)11-14/h4-6,11,15H,7-10,12-13H2,1-3H3,(H,21,24). The first kappa shape index (κ1) is 19.4. The normalized spacial score (nSPS) is 18.3. The van der Waals surface area contributed by atoms with E-state index >= 15 is 0 Å². The van der Waals surface area contributed by atoms with Crippen molar-refractivity contribution in [3.8, 4) is 0 Å². The van der Waals surface area contributed by atoms with Gasteiger partial charge in [-0.15, -0.1) is 0 Å². The highest BCUT2D eigenvalue weighted by molar-refractivity contribution is 5.83. The summed E-state index contributed by atoms with van der Waals surface area (Å²) in [6, 6.07) is 6.38. The SMILES string of the molecule is COC(C)(C)CNC(=O)C1CCC(=O)N(CCc2cccc(F)c2)C1. The van der Waals surface area contributed by atoms with Gasteiger partial charge in [-0.25, -0.2) is 4.39 Å². The zero-order valence-electron chi connectivity index (χ0n) is 15.2. The van der Waals surface area contributed by atoms with Crippen LogP contribution in [0.25, 0.3) is 0 Å². The van der Waals surface area contributed by atoms with E-state index in [2.05, 4.69) is 5.32 Å². The van der Waals surface area contributed by atoms with Crippen molar-refractivity contribution >= 4 is 11.8 Å². The predicted octanol–water partition coefficient (Wildman–Crippen LogP) is 2.15. The second kappa shape index (κ2) is 8.43. The van der Waals surface area contributed by atoms with E-state index < -0.39 is 5.60 Å². The summed E-state index contributed by atoms with van der Waals surface area (Å²) in [5.74, 6) is -0.482. The highest BCUT2D eigenvalue weighted by atomic mass is 19.1. The van der Waals surface area contributed by atoms with Crippen LogP contribution in [0.4, 0.5) is 4.39 Å². The van der Waals surface area contributed by atoms with Crippen molar-refractivity contribution < 1.29 is 18.7 Å². The van der Waals surface area contributed by atoms with Crippen LogP contribution in [-0.4, -0.2) is 49.1 Å². The number of hydrogen-bond donors (Lipinski definition) is 1. The third-order valence-corrected chi connectivity index (χ3v) is 4.67. The van der Waals surface area contributed by atoms with Crippen molar-refractivity contribution in [1.29, 1.82) is 0 Å². The van der Waals surface area contributed by atoms with Gasteiger partial charge in [0.05, 0.1) is 11.5 Å². The van der Waals surface area contributed by atoms with Crippen LogP contribution in [0.3, 0.4) is 0 Å². The fraction of sp³-hybridized carbons (Fsp3) is 0.579. The smallest absolute Gasteiger partial charge is 0.225 e. The molecule has 6 heteroatoms. The molecule has 138 valence electrons. The molecule has 1 N–H and O–H groups in total. The highest BCUT2D eigenvalue weighted by Gasteiger charge is 2.30. The fourth-order valence-corrected chi connectivity index (χ4v) is 2.82. The number of hydrogen-bond acceptors (Lipinski definition) is 3. The largest absolute Gasteiger partial charge is 0.377 e. The molecule has 1 aromatic rings. The van der Waals surface area contributed by atoms with Crippen LogP contribution in [-0.2, 0) is 20.7 Å². The maximum atomic E-state index is 13.2. The van der Waals surface area contributed by atoms with E-state index in [1.165, 1.54) is 12.1 Å². The summed E-state index contributed by atoms with van der Waals surface area (Å²) in [6.45, 7) is 5.14. The minimum atomic E-state index is -0.419. The molecule has 1 fully saturated rings. The highest BCUT2D eigenvalue weighted by Crippen LogP contribution is 2.19. The first-order valence-corrected chi connectivity index (χ1v) is 8.66. The number of likely N-dealkylation sites (tertiary alicyclic amines) is 1. The van der Waals surface area contributed by atoms with Gasteiger partial charge >= 0.3 is 0 Å². The van der Waals surface area contributed by atoms with E-state index in [4.69, 9.17) is 4.74 Å². The Kier molecular flexibility index (Phi) is 6.53. The van der Waals surface area contributed by atoms with Gasteiger partial charge in [-0.3, -0.25) is 9.59 Å². The lowest BCUT2D eigenvalue weighted by molar-refractivity contribution is -0.138. The zero-order valence-corrected chi connectivity index (χ0v) is 15.2. The molecule has 1 aliphatic rings. The van der Waals surface area contributed by atoms with Crippen LogP contribution >= 0.6 is 0 Å². The van der Waals surface area contributed by atoms with E-state index in [9.17, 15) is 14.0 Å². The molecule has 0 spiro atoms. The van der Waals surface area contributed by atoms with Crippen molar-refractivity contribution in [2.45, 2.75) is 38.7 Å². The maximum Gasteiger partial charge on any atom is 0.225 e.